The van der Waals surface area contributed by atoms with Gasteiger partial charge in [0.25, 0.3) is 0 Å². The summed E-state index contributed by atoms with van der Waals surface area (Å²) in [7, 11) is 0. The van der Waals surface area contributed by atoms with Gasteiger partial charge in [0, 0.05) is 17.9 Å². The molecule has 21 heavy (non-hydrogen) atoms. The van der Waals surface area contributed by atoms with E-state index < -0.39 is 0 Å². The summed E-state index contributed by atoms with van der Waals surface area (Å²) in [6.07, 6.45) is 0. The number of benzene rings is 2. The van der Waals surface area contributed by atoms with E-state index in [0.29, 0.717) is 0 Å². The van der Waals surface area contributed by atoms with Gasteiger partial charge in [-0.05, 0) is 54.4 Å². The Morgan fingerprint density at radius 1 is 0.905 bits per heavy atom. The lowest BCUT2D eigenvalue weighted by Crippen LogP contribution is -2.23. The number of aryl methyl sites for hydroxylation is 1. The zero-order valence-corrected chi connectivity index (χ0v) is 18.0. The van der Waals surface area contributed by atoms with Crippen molar-refractivity contribution in [1.29, 1.82) is 0 Å². The van der Waals surface area contributed by atoms with Gasteiger partial charge in [-0.15, -0.1) is 0 Å². The first-order valence-corrected chi connectivity index (χ1v) is 9.75. The van der Waals surface area contributed by atoms with E-state index in [2.05, 4.69) is 113 Å². The van der Waals surface area contributed by atoms with Crippen LogP contribution in [0.1, 0.15) is 29.7 Å². The van der Waals surface area contributed by atoms with Crippen LogP contribution in [0.25, 0.3) is 0 Å². The average Bonchev–Trinajstić information content (AvgIpc) is 2.41. The van der Waals surface area contributed by atoms with Gasteiger partial charge in [0.05, 0.1) is 6.04 Å². The van der Waals surface area contributed by atoms with Crippen molar-refractivity contribution in [2.24, 2.45) is 0 Å². The predicted octanol–water partition coefficient (Wildman–Crippen LogP) is 6.74. The van der Waals surface area contributed by atoms with Gasteiger partial charge in [0.15, 0.2) is 0 Å². The van der Waals surface area contributed by atoms with Crippen LogP contribution in [0.2, 0.25) is 0 Å². The molecule has 0 aliphatic heterocycles. The van der Waals surface area contributed by atoms with Gasteiger partial charge in [-0.25, -0.2) is 0 Å². The Kier molecular flexibility index (Phi) is 6.51. The molecule has 2 aromatic rings. The van der Waals surface area contributed by atoms with Crippen LogP contribution in [0.4, 0.5) is 0 Å². The highest BCUT2D eigenvalue weighted by atomic mass is 79.9. The molecule has 112 valence electrons. The number of hydrogen-bond acceptors (Lipinski definition) is 1. The van der Waals surface area contributed by atoms with E-state index in [1.54, 1.807) is 0 Å². The molecule has 0 heterocycles. The SMILES string of the molecule is CCNC(c1ccc(Br)cc1Br)c1cc(Br)c(C)cc1Br. The molecule has 2 aromatic carbocycles. The summed E-state index contributed by atoms with van der Waals surface area (Å²) in [5.74, 6) is 0. The van der Waals surface area contributed by atoms with E-state index in [4.69, 9.17) is 0 Å². The highest BCUT2D eigenvalue weighted by molar-refractivity contribution is 9.11. The van der Waals surface area contributed by atoms with Crippen molar-refractivity contribution in [2.75, 3.05) is 6.54 Å². The van der Waals surface area contributed by atoms with Crippen molar-refractivity contribution >= 4 is 63.7 Å². The van der Waals surface area contributed by atoms with Crippen LogP contribution in [0.5, 0.6) is 0 Å². The molecule has 0 aliphatic carbocycles. The summed E-state index contributed by atoms with van der Waals surface area (Å²) in [6.45, 7) is 5.11. The van der Waals surface area contributed by atoms with Gasteiger partial charge < -0.3 is 5.32 Å². The van der Waals surface area contributed by atoms with E-state index in [1.807, 2.05) is 0 Å². The Morgan fingerprint density at radius 2 is 1.57 bits per heavy atom. The fourth-order valence-corrected chi connectivity index (χ4v) is 4.53. The summed E-state index contributed by atoms with van der Waals surface area (Å²) in [5.41, 5.74) is 3.66. The van der Waals surface area contributed by atoms with Gasteiger partial charge in [0.2, 0.25) is 0 Å². The quantitative estimate of drug-likeness (QED) is 0.453. The minimum atomic E-state index is 0.128. The predicted molar refractivity (Wildman–Crippen MR) is 104 cm³/mol. The Labute approximate surface area is 159 Å². The summed E-state index contributed by atoms with van der Waals surface area (Å²) >= 11 is 14.5. The average molecular weight is 541 g/mol. The molecule has 0 saturated heterocycles. The molecule has 2 rings (SSSR count). The topological polar surface area (TPSA) is 12.0 Å². The van der Waals surface area contributed by atoms with E-state index >= 15 is 0 Å². The van der Waals surface area contributed by atoms with Crippen LogP contribution >= 0.6 is 63.7 Å². The van der Waals surface area contributed by atoms with Crippen LogP contribution in [0.15, 0.2) is 48.2 Å². The number of hydrogen-bond donors (Lipinski definition) is 1. The molecule has 0 aromatic heterocycles. The standard InChI is InChI=1S/C16H15Br4N/c1-3-21-16(11-5-4-10(17)7-15(11)20)12-8-13(18)9(2)6-14(12)19/h4-8,16,21H,3H2,1-2H3. The molecule has 5 heteroatoms. The molecule has 0 bridgehead atoms. The van der Waals surface area contributed by atoms with E-state index in [0.717, 1.165) is 24.4 Å². The highest BCUT2D eigenvalue weighted by Crippen LogP contribution is 2.36. The molecule has 1 nitrogen and oxygen atoms in total. The summed E-state index contributed by atoms with van der Waals surface area (Å²) in [6, 6.07) is 10.8. The molecule has 0 spiro atoms. The lowest BCUT2D eigenvalue weighted by atomic mass is 9.98. The molecule has 1 atom stereocenters. The minimum absolute atomic E-state index is 0.128. The number of nitrogens with one attached hydrogen (secondary N) is 1. The second-order valence-electron chi connectivity index (χ2n) is 4.78. The van der Waals surface area contributed by atoms with Crippen LogP contribution in [-0.4, -0.2) is 6.54 Å². The van der Waals surface area contributed by atoms with E-state index in [-0.39, 0.29) is 6.04 Å². The number of halogens is 4. The monoisotopic (exact) mass is 537 g/mol. The van der Waals surface area contributed by atoms with Crippen LogP contribution in [0.3, 0.4) is 0 Å². The molecule has 0 aliphatic rings. The first-order chi connectivity index (χ1) is 9.93. The van der Waals surface area contributed by atoms with Gasteiger partial charge >= 0.3 is 0 Å². The third kappa shape index (κ3) is 4.20. The lowest BCUT2D eigenvalue weighted by molar-refractivity contribution is 0.626. The maximum absolute atomic E-state index is 3.70. The van der Waals surface area contributed by atoms with Crippen molar-refractivity contribution in [3.05, 3.63) is 64.9 Å². The molecular formula is C16H15Br4N. The molecule has 0 radical (unpaired) electrons. The van der Waals surface area contributed by atoms with Gasteiger partial charge in [-0.2, -0.15) is 0 Å². The maximum atomic E-state index is 3.70. The fourth-order valence-electron chi connectivity index (χ4n) is 2.21. The Bertz CT molecular complexity index is 655. The highest BCUT2D eigenvalue weighted by Gasteiger charge is 2.19. The third-order valence-electron chi connectivity index (χ3n) is 3.27. The molecule has 0 amide bonds. The zero-order chi connectivity index (χ0) is 15.6. The molecular weight excluding hydrogens is 526 g/mol. The first kappa shape index (κ1) is 17.7. The van der Waals surface area contributed by atoms with E-state index in [9.17, 15) is 0 Å². The molecule has 0 fully saturated rings. The van der Waals surface area contributed by atoms with Crippen molar-refractivity contribution in [2.45, 2.75) is 19.9 Å². The van der Waals surface area contributed by atoms with Crippen LogP contribution in [-0.2, 0) is 0 Å². The summed E-state index contributed by atoms with van der Waals surface area (Å²) < 4.78 is 4.39. The van der Waals surface area contributed by atoms with Crippen molar-refractivity contribution < 1.29 is 0 Å². The first-order valence-electron chi connectivity index (χ1n) is 6.58. The summed E-state index contributed by atoms with van der Waals surface area (Å²) in [5, 5.41) is 3.57. The van der Waals surface area contributed by atoms with Gasteiger partial charge in [-0.3, -0.25) is 0 Å². The third-order valence-corrected chi connectivity index (χ3v) is 5.99. The Balaban J connectivity index is 2.55. The minimum Gasteiger partial charge on any atom is -0.306 e. The van der Waals surface area contributed by atoms with Gasteiger partial charge in [0.1, 0.15) is 0 Å². The van der Waals surface area contributed by atoms with Crippen LogP contribution < -0.4 is 5.32 Å². The molecule has 0 saturated carbocycles. The zero-order valence-electron chi connectivity index (χ0n) is 11.7. The molecule has 1 unspecified atom stereocenters. The number of rotatable bonds is 4. The normalized spacial score (nSPS) is 12.5. The van der Waals surface area contributed by atoms with E-state index in [1.165, 1.54) is 16.7 Å². The second-order valence-corrected chi connectivity index (χ2v) is 8.26. The Morgan fingerprint density at radius 3 is 2.19 bits per heavy atom. The summed E-state index contributed by atoms with van der Waals surface area (Å²) in [4.78, 5) is 0. The van der Waals surface area contributed by atoms with Crippen molar-refractivity contribution in [1.82, 2.24) is 5.32 Å². The second kappa shape index (κ2) is 7.73. The molecule has 1 N–H and O–H groups in total. The van der Waals surface area contributed by atoms with Crippen LogP contribution in [0, 0.1) is 6.92 Å². The largest absolute Gasteiger partial charge is 0.306 e. The fraction of sp³-hybridized carbons (Fsp3) is 0.250. The maximum Gasteiger partial charge on any atom is 0.0599 e. The van der Waals surface area contributed by atoms with Crippen molar-refractivity contribution in [3.63, 3.8) is 0 Å². The van der Waals surface area contributed by atoms with Gasteiger partial charge in [-0.1, -0.05) is 76.7 Å². The smallest absolute Gasteiger partial charge is 0.0599 e. The Hall–Kier alpha value is 0.320. The van der Waals surface area contributed by atoms with Crippen molar-refractivity contribution in [3.8, 4) is 0 Å². The lowest BCUT2D eigenvalue weighted by Gasteiger charge is -2.22.